The number of carbonyl (C=O) groups excluding carboxylic acids is 1. The molecule has 9 heteroatoms. The summed E-state index contributed by atoms with van der Waals surface area (Å²) < 4.78 is 16.9. The minimum atomic E-state index is -1.52. The van der Waals surface area contributed by atoms with Gasteiger partial charge in [-0.1, -0.05) is 200 Å². The fourth-order valence-electron chi connectivity index (χ4n) is 7.79. The van der Waals surface area contributed by atoms with Gasteiger partial charge in [0.05, 0.1) is 19.3 Å². The van der Waals surface area contributed by atoms with E-state index < -0.39 is 49.5 Å². The molecular weight excluding hydrogens is 696 g/mol. The first kappa shape index (κ1) is 52.2. The van der Waals surface area contributed by atoms with Crippen LogP contribution < -0.4 is 0 Å². The second-order valence-electron chi connectivity index (χ2n) is 16.7. The van der Waals surface area contributed by atoms with Crippen LogP contribution in [0.1, 0.15) is 232 Å². The van der Waals surface area contributed by atoms with Gasteiger partial charge in [-0.3, -0.25) is 4.79 Å². The van der Waals surface area contributed by atoms with Crippen LogP contribution in [0.15, 0.2) is 0 Å². The summed E-state index contributed by atoms with van der Waals surface area (Å²) in [5, 5.41) is 50.9. The molecule has 1 aliphatic heterocycles. The van der Waals surface area contributed by atoms with E-state index in [4.69, 9.17) is 14.2 Å². The van der Waals surface area contributed by atoms with Crippen molar-refractivity contribution in [1.29, 1.82) is 0 Å². The zero-order valence-electron chi connectivity index (χ0n) is 35.9. The van der Waals surface area contributed by atoms with E-state index in [-0.39, 0.29) is 19.0 Å². The largest absolute Gasteiger partial charge is 0.460 e. The number of unbranched alkanes of at least 4 members (excludes halogenated alkanes) is 29. The molecule has 0 aromatic rings. The summed E-state index contributed by atoms with van der Waals surface area (Å²) in [5.74, 6) is -0.273. The van der Waals surface area contributed by atoms with E-state index in [0.29, 0.717) is 12.8 Å². The normalized spacial score (nSPS) is 21.2. The molecule has 0 aromatic carbocycles. The van der Waals surface area contributed by atoms with Gasteiger partial charge in [-0.25, -0.2) is 0 Å². The van der Waals surface area contributed by atoms with Crippen LogP contribution in [0.5, 0.6) is 0 Å². The lowest BCUT2D eigenvalue weighted by Crippen LogP contribution is -2.59. The molecule has 0 amide bonds. The summed E-state index contributed by atoms with van der Waals surface area (Å²) in [6.45, 7) is 3.97. The maximum atomic E-state index is 12.9. The number of hydrogen-bond acceptors (Lipinski definition) is 9. The summed E-state index contributed by atoms with van der Waals surface area (Å²) in [5.41, 5.74) is 0. The van der Waals surface area contributed by atoms with Crippen molar-refractivity contribution in [2.45, 2.75) is 275 Å². The van der Waals surface area contributed by atoms with Crippen LogP contribution in [0.3, 0.4) is 0 Å². The van der Waals surface area contributed by atoms with Gasteiger partial charge in [0, 0.05) is 12.8 Å². The molecular formula is C46H90O9. The Morgan fingerprint density at radius 1 is 0.527 bits per heavy atom. The third kappa shape index (κ3) is 28.3. The van der Waals surface area contributed by atoms with Crippen molar-refractivity contribution < 1.29 is 44.5 Å². The predicted molar refractivity (Wildman–Crippen MR) is 224 cm³/mol. The second-order valence-corrected chi connectivity index (χ2v) is 16.7. The maximum Gasteiger partial charge on any atom is 0.306 e. The molecule has 1 aliphatic rings. The predicted octanol–water partition coefficient (Wildman–Crippen LogP) is 10.4. The SMILES string of the molecule is CCCCCCCCCCCCCCCCCCCCCC(=O)OC(CCCCCCCCCCCCCC)C(O)CCO[C@H]1O[C@H](CO)[C@H](O)[C@H](O)[C@H]1O. The molecule has 7 atom stereocenters. The molecule has 1 fully saturated rings. The van der Waals surface area contributed by atoms with E-state index in [9.17, 15) is 30.3 Å². The lowest BCUT2D eigenvalue weighted by atomic mass is 9.99. The summed E-state index contributed by atoms with van der Waals surface area (Å²) in [4.78, 5) is 12.9. The van der Waals surface area contributed by atoms with Crippen molar-refractivity contribution in [2.24, 2.45) is 0 Å². The summed E-state index contributed by atoms with van der Waals surface area (Å²) >= 11 is 0. The van der Waals surface area contributed by atoms with Gasteiger partial charge in [0.1, 0.15) is 30.5 Å². The lowest BCUT2D eigenvalue weighted by Gasteiger charge is -2.39. The molecule has 0 radical (unpaired) electrons. The van der Waals surface area contributed by atoms with Crippen LogP contribution in [-0.2, 0) is 19.0 Å². The van der Waals surface area contributed by atoms with Crippen molar-refractivity contribution >= 4 is 5.97 Å². The highest BCUT2D eigenvalue weighted by molar-refractivity contribution is 5.69. The van der Waals surface area contributed by atoms with Crippen LogP contribution >= 0.6 is 0 Å². The molecule has 328 valence electrons. The van der Waals surface area contributed by atoms with E-state index in [1.807, 2.05) is 0 Å². The summed E-state index contributed by atoms with van der Waals surface area (Å²) in [6.07, 6.45) is 32.2. The Balaban J connectivity index is 2.27. The van der Waals surface area contributed by atoms with Gasteiger partial charge in [0.2, 0.25) is 0 Å². The van der Waals surface area contributed by atoms with Crippen LogP contribution in [0.4, 0.5) is 0 Å². The zero-order valence-corrected chi connectivity index (χ0v) is 35.9. The molecule has 5 N–H and O–H groups in total. The summed E-state index contributed by atoms with van der Waals surface area (Å²) in [6, 6.07) is 0. The van der Waals surface area contributed by atoms with Gasteiger partial charge in [-0.15, -0.1) is 0 Å². The molecule has 1 heterocycles. The molecule has 9 nitrogen and oxygen atoms in total. The maximum absolute atomic E-state index is 12.9. The van der Waals surface area contributed by atoms with Gasteiger partial charge in [-0.05, 0) is 19.3 Å². The van der Waals surface area contributed by atoms with Crippen LogP contribution in [0.2, 0.25) is 0 Å². The fourth-order valence-corrected chi connectivity index (χ4v) is 7.79. The Morgan fingerprint density at radius 2 is 0.909 bits per heavy atom. The van der Waals surface area contributed by atoms with Gasteiger partial charge < -0.3 is 39.7 Å². The third-order valence-electron chi connectivity index (χ3n) is 11.6. The highest BCUT2D eigenvalue weighted by Crippen LogP contribution is 2.23. The molecule has 0 aromatic heterocycles. The molecule has 0 aliphatic carbocycles. The van der Waals surface area contributed by atoms with Gasteiger partial charge >= 0.3 is 5.97 Å². The minimum absolute atomic E-state index is 0.0182. The van der Waals surface area contributed by atoms with E-state index >= 15 is 0 Å². The Kier molecular flexibility index (Phi) is 35.6. The Labute approximate surface area is 338 Å². The number of carbonyl (C=O) groups is 1. The molecule has 0 bridgehead atoms. The lowest BCUT2D eigenvalue weighted by molar-refractivity contribution is -0.302. The molecule has 0 spiro atoms. The van der Waals surface area contributed by atoms with Crippen molar-refractivity contribution in [3.63, 3.8) is 0 Å². The van der Waals surface area contributed by atoms with Crippen molar-refractivity contribution in [2.75, 3.05) is 13.2 Å². The van der Waals surface area contributed by atoms with Gasteiger partial charge in [0.15, 0.2) is 6.29 Å². The zero-order chi connectivity index (χ0) is 40.2. The van der Waals surface area contributed by atoms with Crippen LogP contribution in [0.25, 0.3) is 0 Å². The Hall–Kier alpha value is -0.810. The first-order valence-electron chi connectivity index (χ1n) is 23.6. The fraction of sp³-hybridized carbons (Fsp3) is 0.978. The third-order valence-corrected chi connectivity index (χ3v) is 11.6. The first-order valence-corrected chi connectivity index (χ1v) is 23.6. The minimum Gasteiger partial charge on any atom is -0.460 e. The number of ether oxygens (including phenoxy) is 3. The number of hydrogen-bond donors (Lipinski definition) is 5. The number of aliphatic hydroxyl groups is 5. The smallest absolute Gasteiger partial charge is 0.306 e. The summed E-state index contributed by atoms with van der Waals surface area (Å²) in [7, 11) is 0. The van der Waals surface area contributed by atoms with Crippen LogP contribution in [-0.4, -0.2) is 87.6 Å². The van der Waals surface area contributed by atoms with Crippen molar-refractivity contribution in [3.05, 3.63) is 0 Å². The Bertz CT molecular complexity index is 827. The number of rotatable bonds is 40. The highest BCUT2D eigenvalue weighted by atomic mass is 16.7. The van der Waals surface area contributed by atoms with Crippen molar-refractivity contribution in [1.82, 2.24) is 0 Å². The van der Waals surface area contributed by atoms with E-state index in [1.54, 1.807) is 0 Å². The van der Waals surface area contributed by atoms with Crippen LogP contribution in [0, 0.1) is 0 Å². The second kappa shape index (κ2) is 37.5. The Morgan fingerprint density at radius 3 is 1.31 bits per heavy atom. The molecule has 2 unspecified atom stereocenters. The van der Waals surface area contributed by atoms with E-state index in [2.05, 4.69) is 13.8 Å². The quantitative estimate of drug-likeness (QED) is 0.0303. The van der Waals surface area contributed by atoms with E-state index in [0.717, 1.165) is 38.5 Å². The molecule has 55 heavy (non-hydrogen) atoms. The average molecular weight is 787 g/mol. The first-order chi connectivity index (χ1) is 26.8. The monoisotopic (exact) mass is 787 g/mol. The van der Waals surface area contributed by atoms with Gasteiger partial charge in [0.25, 0.3) is 0 Å². The van der Waals surface area contributed by atoms with E-state index in [1.165, 1.54) is 161 Å². The number of aliphatic hydroxyl groups excluding tert-OH is 5. The molecule has 0 saturated carbocycles. The van der Waals surface area contributed by atoms with Gasteiger partial charge in [-0.2, -0.15) is 0 Å². The van der Waals surface area contributed by atoms with Crippen molar-refractivity contribution in [3.8, 4) is 0 Å². The molecule has 1 rings (SSSR count). The topological polar surface area (TPSA) is 146 Å². The average Bonchev–Trinajstić information content (AvgIpc) is 3.18. The highest BCUT2D eigenvalue weighted by Gasteiger charge is 2.44. The standard InChI is InChI=1S/C46H90O9/c1-3-5-7-9-11-13-15-17-18-19-20-21-22-23-25-27-29-31-33-35-42(49)54-40(34-32-30-28-26-24-16-14-12-10-8-6-4-2)39(48)36-37-53-46-45(52)44(51)43(50)41(38-47)55-46/h39-41,43-48,50-52H,3-38H2,1-2H3/t39?,40?,41-,43+,44+,45-,46+/m1/s1. The molecule has 1 saturated heterocycles. The number of esters is 1.